The van der Waals surface area contributed by atoms with Crippen molar-refractivity contribution in [1.29, 1.82) is 0 Å². The van der Waals surface area contributed by atoms with E-state index in [4.69, 9.17) is 4.74 Å². The second-order valence-electron chi connectivity index (χ2n) is 6.83. The molecule has 0 fully saturated rings. The van der Waals surface area contributed by atoms with E-state index < -0.39 is 23.8 Å². The van der Waals surface area contributed by atoms with E-state index in [1.807, 2.05) is 13.0 Å². The molecule has 2 aromatic rings. The van der Waals surface area contributed by atoms with Crippen LogP contribution in [0.15, 0.2) is 60.3 Å². The minimum Gasteiger partial charge on any atom is -0.497 e. The van der Waals surface area contributed by atoms with Gasteiger partial charge in [-0.05, 0) is 41.8 Å². The van der Waals surface area contributed by atoms with Crippen LogP contribution in [0.2, 0.25) is 0 Å². The first-order valence-corrected chi connectivity index (χ1v) is 9.61. The molecule has 0 aliphatic rings. The van der Waals surface area contributed by atoms with Crippen molar-refractivity contribution in [2.45, 2.75) is 26.3 Å². The Labute approximate surface area is 175 Å². The Morgan fingerprint density at radius 2 is 1.70 bits per heavy atom. The Hall–Kier alpha value is -3.61. The summed E-state index contributed by atoms with van der Waals surface area (Å²) in [5.41, 5.74) is 0.976. The van der Waals surface area contributed by atoms with E-state index in [-0.39, 0.29) is 11.6 Å². The number of hydrogen-bond acceptors (Lipinski definition) is 4. The maximum absolute atomic E-state index is 12.9. The summed E-state index contributed by atoms with van der Waals surface area (Å²) < 4.78 is 5.08. The molecule has 2 atom stereocenters. The zero-order valence-corrected chi connectivity index (χ0v) is 17.2. The number of carboxylic acids is 1. The van der Waals surface area contributed by atoms with Crippen molar-refractivity contribution >= 4 is 23.9 Å². The fraction of sp³-hybridized carbons (Fsp3) is 0.261. The summed E-state index contributed by atoms with van der Waals surface area (Å²) in [4.78, 5) is 37.1. The summed E-state index contributed by atoms with van der Waals surface area (Å²) in [6.45, 7) is 3.59. The van der Waals surface area contributed by atoms with Gasteiger partial charge >= 0.3 is 5.97 Å². The highest BCUT2D eigenvalue weighted by Crippen LogP contribution is 2.13. The largest absolute Gasteiger partial charge is 0.497 e. The predicted molar refractivity (Wildman–Crippen MR) is 114 cm³/mol. The molecule has 3 N–H and O–H groups in total. The number of nitrogens with one attached hydrogen (secondary N) is 2. The lowest BCUT2D eigenvalue weighted by molar-refractivity contribution is -0.142. The van der Waals surface area contributed by atoms with E-state index in [1.165, 1.54) is 13.2 Å². The third-order valence-corrected chi connectivity index (χ3v) is 4.72. The number of hydrogen-bond donors (Lipinski definition) is 3. The fourth-order valence-corrected chi connectivity index (χ4v) is 2.71. The molecule has 0 aromatic heterocycles. The van der Waals surface area contributed by atoms with Gasteiger partial charge in [-0.15, -0.1) is 0 Å². The van der Waals surface area contributed by atoms with Gasteiger partial charge in [0.25, 0.3) is 11.8 Å². The molecule has 2 aromatic carbocycles. The minimum absolute atomic E-state index is 0.0448. The molecule has 2 amide bonds. The van der Waals surface area contributed by atoms with Gasteiger partial charge in [-0.1, -0.05) is 50.6 Å². The van der Waals surface area contributed by atoms with E-state index >= 15 is 0 Å². The van der Waals surface area contributed by atoms with Crippen molar-refractivity contribution in [3.8, 4) is 5.75 Å². The van der Waals surface area contributed by atoms with Crippen LogP contribution in [0.1, 0.15) is 36.2 Å². The number of rotatable bonds is 9. The predicted octanol–water partition coefficient (Wildman–Crippen LogP) is 3.08. The summed E-state index contributed by atoms with van der Waals surface area (Å²) in [5.74, 6) is -1.97. The van der Waals surface area contributed by atoms with E-state index in [0.29, 0.717) is 23.3 Å². The van der Waals surface area contributed by atoms with Gasteiger partial charge in [0.05, 0.1) is 7.11 Å². The first-order valence-electron chi connectivity index (χ1n) is 9.61. The smallest absolute Gasteiger partial charge is 0.326 e. The van der Waals surface area contributed by atoms with Crippen LogP contribution in [0.5, 0.6) is 5.75 Å². The summed E-state index contributed by atoms with van der Waals surface area (Å²) >= 11 is 0. The highest BCUT2D eigenvalue weighted by atomic mass is 16.5. The van der Waals surface area contributed by atoms with Gasteiger partial charge < -0.3 is 20.5 Å². The summed E-state index contributed by atoms with van der Waals surface area (Å²) in [5, 5.41) is 14.6. The third-order valence-electron chi connectivity index (χ3n) is 4.72. The molecular weight excluding hydrogens is 384 g/mol. The van der Waals surface area contributed by atoms with E-state index in [0.717, 1.165) is 0 Å². The second kappa shape index (κ2) is 10.8. The monoisotopic (exact) mass is 410 g/mol. The second-order valence-corrected chi connectivity index (χ2v) is 6.83. The minimum atomic E-state index is -1.13. The average molecular weight is 410 g/mol. The Morgan fingerprint density at radius 3 is 2.23 bits per heavy atom. The number of ether oxygens (including phenoxy) is 1. The van der Waals surface area contributed by atoms with E-state index in [9.17, 15) is 19.5 Å². The molecule has 30 heavy (non-hydrogen) atoms. The van der Waals surface area contributed by atoms with Crippen LogP contribution in [0, 0.1) is 5.92 Å². The number of methoxy groups -OCH3 is 1. The maximum atomic E-state index is 12.9. The average Bonchev–Trinajstić information content (AvgIpc) is 2.76. The first kappa shape index (κ1) is 22.7. The standard InChI is InChI=1S/C23H26N2O5/c1-4-15(2)20(23(28)29)25-22(27)19(14-16-8-6-5-7-9-16)24-21(26)17-10-12-18(30-3)13-11-17/h5-15,20H,4H2,1-3H3,(H,24,26)(H,25,27)(H,28,29)/b19-14+/t15-,20+/m0/s1. The van der Waals surface area contributed by atoms with Crippen LogP contribution < -0.4 is 15.4 Å². The number of carboxylic acid groups (broad SMARTS) is 1. The molecule has 0 unspecified atom stereocenters. The highest BCUT2D eigenvalue weighted by molar-refractivity contribution is 6.06. The van der Waals surface area contributed by atoms with Crippen molar-refractivity contribution in [1.82, 2.24) is 10.6 Å². The first-order chi connectivity index (χ1) is 14.3. The fourth-order valence-electron chi connectivity index (χ4n) is 2.71. The van der Waals surface area contributed by atoms with Crippen LogP contribution in [0.4, 0.5) is 0 Å². The van der Waals surface area contributed by atoms with Crippen LogP contribution in [0.3, 0.4) is 0 Å². The van der Waals surface area contributed by atoms with Crippen molar-refractivity contribution in [2.75, 3.05) is 7.11 Å². The molecule has 0 saturated heterocycles. The lowest BCUT2D eigenvalue weighted by atomic mass is 9.99. The van der Waals surface area contributed by atoms with Crippen molar-refractivity contribution in [3.63, 3.8) is 0 Å². The van der Waals surface area contributed by atoms with Gasteiger partial charge in [0, 0.05) is 5.56 Å². The number of amides is 2. The number of benzene rings is 2. The molecule has 0 bridgehead atoms. The molecule has 0 spiro atoms. The summed E-state index contributed by atoms with van der Waals surface area (Å²) in [6, 6.07) is 14.3. The Kier molecular flexibility index (Phi) is 8.17. The van der Waals surface area contributed by atoms with Gasteiger partial charge in [-0.3, -0.25) is 9.59 Å². The van der Waals surface area contributed by atoms with Crippen LogP contribution in [-0.4, -0.2) is 36.0 Å². The molecule has 0 saturated carbocycles. The lowest BCUT2D eigenvalue weighted by Crippen LogP contribution is -2.47. The van der Waals surface area contributed by atoms with Crippen molar-refractivity contribution in [3.05, 3.63) is 71.4 Å². The van der Waals surface area contributed by atoms with Gasteiger partial charge in [0.15, 0.2) is 0 Å². The summed E-state index contributed by atoms with van der Waals surface area (Å²) in [7, 11) is 1.52. The summed E-state index contributed by atoms with van der Waals surface area (Å²) in [6.07, 6.45) is 2.08. The topological polar surface area (TPSA) is 105 Å². The molecule has 7 heteroatoms. The molecule has 2 rings (SSSR count). The Morgan fingerprint density at radius 1 is 1.07 bits per heavy atom. The van der Waals surface area contributed by atoms with Crippen LogP contribution >= 0.6 is 0 Å². The Balaban J connectivity index is 2.30. The molecular formula is C23H26N2O5. The zero-order valence-electron chi connectivity index (χ0n) is 17.2. The van der Waals surface area contributed by atoms with Crippen LogP contribution in [0.25, 0.3) is 6.08 Å². The van der Waals surface area contributed by atoms with Gasteiger partial charge in [0.1, 0.15) is 17.5 Å². The van der Waals surface area contributed by atoms with Gasteiger partial charge in [0.2, 0.25) is 0 Å². The lowest BCUT2D eigenvalue weighted by Gasteiger charge is -2.21. The Bertz CT molecular complexity index is 907. The molecule has 0 aliphatic heterocycles. The van der Waals surface area contributed by atoms with Gasteiger partial charge in [-0.2, -0.15) is 0 Å². The molecule has 0 aliphatic carbocycles. The van der Waals surface area contributed by atoms with E-state index in [2.05, 4.69) is 10.6 Å². The normalized spacial score (nSPS) is 13.1. The quantitative estimate of drug-likeness (QED) is 0.551. The van der Waals surface area contributed by atoms with Crippen molar-refractivity contribution in [2.24, 2.45) is 5.92 Å². The van der Waals surface area contributed by atoms with Gasteiger partial charge in [-0.25, -0.2) is 4.79 Å². The third kappa shape index (κ3) is 6.20. The zero-order chi connectivity index (χ0) is 22.1. The number of carbonyl (C=O) groups excluding carboxylic acids is 2. The molecule has 0 radical (unpaired) electrons. The van der Waals surface area contributed by atoms with Crippen LogP contribution in [-0.2, 0) is 9.59 Å². The molecule has 0 heterocycles. The SMILES string of the molecule is CC[C@H](C)[C@@H](NC(=O)/C(=C\c1ccccc1)NC(=O)c1ccc(OC)cc1)C(=O)O. The number of carbonyl (C=O) groups is 3. The molecule has 158 valence electrons. The van der Waals surface area contributed by atoms with Crippen molar-refractivity contribution < 1.29 is 24.2 Å². The highest BCUT2D eigenvalue weighted by Gasteiger charge is 2.27. The number of aliphatic carboxylic acids is 1. The molecule has 7 nitrogen and oxygen atoms in total. The van der Waals surface area contributed by atoms with E-state index in [1.54, 1.807) is 55.5 Å². The maximum Gasteiger partial charge on any atom is 0.326 e.